The summed E-state index contributed by atoms with van der Waals surface area (Å²) < 4.78 is 54.9. The van der Waals surface area contributed by atoms with E-state index in [1.54, 1.807) is 19.9 Å². The maximum Gasteiger partial charge on any atom is 0.319 e. The van der Waals surface area contributed by atoms with E-state index in [2.05, 4.69) is 15.2 Å². The first-order chi connectivity index (χ1) is 12.9. The van der Waals surface area contributed by atoms with Gasteiger partial charge in [-0.2, -0.15) is 13.1 Å². The summed E-state index contributed by atoms with van der Waals surface area (Å²) in [7, 11) is -3.63. The van der Waals surface area contributed by atoms with Gasteiger partial charge in [0.15, 0.2) is 10.8 Å². The summed E-state index contributed by atoms with van der Waals surface area (Å²) in [5.74, 6) is 0.337. The quantitative estimate of drug-likeness (QED) is 0.525. The summed E-state index contributed by atoms with van der Waals surface area (Å²) >= 11 is 1.15. The number of pyridine rings is 1. The van der Waals surface area contributed by atoms with Gasteiger partial charge in [0.05, 0.1) is 10.6 Å². The Bertz CT molecular complexity index is 1030. The van der Waals surface area contributed by atoms with E-state index in [0.717, 1.165) is 16.3 Å². The molecule has 0 aliphatic heterocycles. The minimum absolute atomic E-state index is 0.120. The van der Waals surface area contributed by atoms with E-state index in [9.17, 15) is 17.2 Å². The second kappa shape index (κ2) is 7.90. The Balaban J connectivity index is 1.90. The fraction of sp³-hybridized carbons (Fsp3) is 0.400. The highest BCUT2D eigenvalue weighted by Gasteiger charge is 2.23. The van der Waals surface area contributed by atoms with Crippen LogP contribution in [-0.2, 0) is 15.8 Å². The smallest absolute Gasteiger partial charge is 0.277 e. The van der Waals surface area contributed by atoms with Gasteiger partial charge in [-0.3, -0.25) is 8.97 Å². The first-order valence-corrected chi connectivity index (χ1v) is 10.6. The molecule has 8 nitrogen and oxygen atoms in total. The van der Waals surface area contributed by atoms with Crippen molar-refractivity contribution >= 4 is 27.4 Å². The van der Waals surface area contributed by atoms with Crippen LogP contribution in [0.2, 0.25) is 0 Å². The van der Waals surface area contributed by atoms with Crippen LogP contribution in [0.15, 0.2) is 40.8 Å². The summed E-state index contributed by atoms with van der Waals surface area (Å²) in [4.78, 5) is 4.04. The Morgan fingerprint density at radius 1 is 1.22 bits per heavy atom. The van der Waals surface area contributed by atoms with Gasteiger partial charge < -0.3 is 0 Å². The molecule has 0 amide bonds. The lowest BCUT2D eigenvalue weighted by Crippen LogP contribution is -2.30. The predicted octanol–water partition coefficient (Wildman–Crippen LogP) is 2.64. The Kier molecular flexibility index (Phi) is 5.77. The molecule has 12 heteroatoms. The van der Waals surface area contributed by atoms with Crippen molar-refractivity contribution in [3.8, 4) is 0 Å². The van der Waals surface area contributed by atoms with Crippen molar-refractivity contribution < 1.29 is 17.2 Å². The molecule has 0 radical (unpaired) electrons. The number of rotatable bonds is 8. The van der Waals surface area contributed by atoms with E-state index in [1.807, 2.05) is 0 Å². The minimum Gasteiger partial charge on any atom is -0.277 e. The van der Waals surface area contributed by atoms with Gasteiger partial charge in [-0.1, -0.05) is 25.6 Å². The standard InChI is InChI=1S/C15H18F2N6O2S2/c1-3-21(4-2)27(24,25)11-5-6-12-19-20-15(23(12)9-11)26-10-13-18-7-8-22(13)14(16)17/h5-9,14H,3-4,10H2,1-2H3. The summed E-state index contributed by atoms with van der Waals surface area (Å²) in [5, 5.41) is 8.41. The average molecular weight is 416 g/mol. The predicted molar refractivity (Wildman–Crippen MR) is 96.1 cm³/mol. The highest BCUT2D eigenvalue weighted by Crippen LogP contribution is 2.25. The Labute approximate surface area is 159 Å². The molecule has 3 rings (SSSR count). The molecule has 3 heterocycles. The molecule has 0 aromatic carbocycles. The van der Waals surface area contributed by atoms with Crippen LogP contribution in [0.25, 0.3) is 5.65 Å². The van der Waals surface area contributed by atoms with Crippen molar-refractivity contribution in [2.45, 2.75) is 36.2 Å². The maximum absolute atomic E-state index is 12.9. The van der Waals surface area contributed by atoms with Crippen molar-refractivity contribution in [2.24, 2.45) is 0 Å². The number of sulfonamides is 1. The zero-order chi connectivity index (χ0) is 19.6. The van der Waals surface area contributed by atoms with Crippen molar-refractivity contribution in [3.05, 3.63) is 36.5 Å². The number of aromatic nitrogens is 5. The molecule has 0 bridgehead atoms. The fourth-order valence-corrected chi connectivity index (χ4v) is 4.90. The van der Waals surface area contributed by atoms with Crippen molar-refractivity contribution in [1.29, 1.82) is 0 Å². The lowest BCUT2D eigenvalue weighted by molar-refractivity contribution is 0.0678. The number of hydrogen-bond acceptors (Lipinski definition) is 6. The number of nitrogens with zero attached hydrogens (tertiary/aromatic N) is 6. The monoisotopic (exact) mass is 416 g/mol. The molecular formula is C15H18F2N6O2S2. The van der Waals surface area contributed by atoms with Gasteiger partial charge in [0.25, 0.3) is 0 Å². The third-order valence-electron chi connectivity index (χ3n) is 3.98. The summed E-state index contributed by atoms with van der Waals surface area (Å²) in [6.07, 6.45) is 3.96. The first-order valence-electron chi connectivity index (χ1n) is 8.16. The second-order valence-electron chi connectivity index (χ2n) is 5.48. The van der Waals surface area contributed by atoms with Crippen LogP contribution < -0.4 is 0 Å². The molecule has 0 saturated carbocycles. The lowest BCUT2D eigenvalue weighted by Gasteiger charge is -2.18. The number of halogens is 2. The molecule has 0 unspecified atom stereocenters. The molecule has 0 aliphatic carbocycles. The topological polar surface area (TPSA) is 85.4 Å². The van der Waals surface area contributed by atoms with Crippen LogP contribution in [0.5, 0.6) is 0 Å². The second-order valence-corrected chi connectivity index (χ2v) is 8.36. The van der Waals surface area contributed by atoms with Crippen LogP contribution in [0.4, 0.5) is 8.78 Å². The van der Waals surface area contributed by atoms with Gasteiger partial charge in [-0.15, -0.1) is 10.2 Å². The normalized spacial score (nSPS) is 12.5. The number of alkyl halides is 2. The van der Waals surface area contributed by atoms with Gasteiger partial charge in [-0.25, -0.2) is 13.4 Å². The molecule has 27 heavy (non-hydrogen) atoms. The molecule has 0 atom stereocenters. The van der Waals surface area contributed by atoms with E-state index < -0.39 is 16.6 Å². The van der Waals surface area contributed by atoms with Crippen LogP contribution in [0.3, 0.4) is 0 Å². The minimum atomic E-state index is -3.63. The molecule has 146 valence electrons. The molecule has 0 fully saturated rings. The average Bonchev–Trinajstić information content (AvgIpc) is 3.27. The van der Waals surface area contributed by atoms with Gasteiger partial charge in [0, 0.05) is 31.7 Å². The van der Waals surface area contributed by atoms with Crippen molar-refractivity contribution in [1.82, 2.24) is 28.5 Å². The number of fused-ring (bicyclic) bond motifs is 1. The number of imidazole rings is 1. The van der Waals surface area contributed by atoms with Crippen LogP contribution in [0.1, 0.15) is 26.2 Å². The van der Waals surface area contributed by atoms with Crippen molar-refractivity contribution in [2.75, 3.05) is 13.1 Å². The van der Waals surface area contributed by atoms with E-state index in [-0.39, 0.29) is 16.5 Å². The molecule has 3 aromatic heterocycles. The largest absolute Gasteiger partial charge is 0.319 e. The van der Waals surface area contributed by atoms with E-state index in [4.69, 9.17) is 0 Å². The zero-order valence-electron chi connectivity index (χ0n) is 14.7. The Morgan fingerprint density at radius 3 is 2.63 bits per heavy atom. The maximum atomic E-state index is 12.9. The van der Waals surface area contributed by atoms with Gasteiger partial charge in [0.2, 0.25) is 10.0 Å². The number of hydrogen-bond donors (Lipinski definition) is 0. The third kappa shape index (κ3) is 3.82. The van der Waals surface area contributed by atoms with Crippen molar-refractivity contribution in [3.63, 3.8) is 0 Å². The van der Waals surface area contributed by atoms with Gasteiger partial charge in [-0.05, 0) is 12.1 Å². The first kappa shape index (κ1) is 19.7. The fourth-order valence-electron chi connectivity index (χ4n) is 2.58. The zero-order valence-corrected chi connectivity index (χ0v) is 16.3. The lowest BCUT2D eigenvalue weighted by atomic mass is 10.5. The van der Waals surface area contributed by atoms with E-state index in [0.29, 0.717) is 23.9 Å². The highest BCUT2D eigenvalue weighted by molar-refractivity contribution is 7.98. The van der Waals surface area contributed by atoms with Crippen LogP contribution in [0, 0.1) is 0 Å². The van der Waals surface area contributed by atoms with Gasteiger partial charge in [0.1, 0.15) is 5.82 Å². The van der Waals surface area contributed by atoms with Gasteiger partial charge >= 0.3 is 6.55 Å². The molecule has 0 aliphatic rings. The van der Waals surface area contributed by atoms with E-state index in [1.165, 1.54) is 33.4 Å². The Hall–Kier alpha value is -2.05. The summed E-state index contributed by atoms with van der Waals surface area (Å²) in [5.41, 5.74) is 0.466. The SMILES string of the molecule is CCN(CC)S(=O)(=O)c1ccc2nnc(SCc3nccn3C(F)F)n2c1. The molecule has 0 spiro atoms. The number of thioether (sulfide) groups is 1. The molecule has 0 N–H and O–H groups in total. The Morgan fingerprint density at radius 2 is 1.96 bits per heavy atom. The summed E-state index contributed by atoms with van der Waals surface area (Å²) in [6.45, 7) is 1.58. The third-order valence-corrected chi connectivity index (χ3v) is 6.95. The molecular weight excluding hydrogens is 398 g/mol. The van der Waals surface area contributed by atoms with Crippen LogP contribution in [-0.4, -0.2) is 50.0 Å². The highest BCUT2D eigenvalue weighted by atomic mass is 32.2. The van der Waals surface area contributed by atoms with E-state index >= 15 is 0 Å². The molecule has 0 saturated heterocycles. The summed E-state index contributed by atoms with van der Waals surface area (Å²) in [6, 6.07) is 3.04. The van der Waals surface area contributed by atoms with Crippen LogP contribution >= 0.6 is 11.8 Å². The molecule has 3 aromatic rings.